The summed E-state index contributed by atoms with van der Waals surface area (Å²) in [5.74, 6) is 0.330. The van der Waals surface area contributed by atoms with Crippen LogP contribution in [0.3, 0.4) is 0 Å². The van der Waals surface area contributed by atoms with Crippen molar-refractivity contribution in [3.8, 4) is 0 Å². The number of amides is 1. The van der Waals surface area contributed by atoms with Crippen molar-refractivity contribution >= 4 is 11.6 Å². The summed E-state index contributed by atoms with van der Waals surface area (Å²) in [4.78, 5) is 21.5. The molecule has 1 aliphatic carbocycles. The summed E-state index contributed by atoms with van der Waals surface area (Å²) in [5, 5.41) is 13.6. The van der Waals surface area contributed by atoms with E-state index in [0.717, 1.165) is 17.5 Å². The average Bonchev–Trinajstić information content (AvgIpc) is 2.72. The number of hydrogen-bond acceptors (Lipinski definition) is 3. The van der Waals surface area contributed by atoms with Crippen molar-refractivity contribution in [3.05, 3.63) is 39.4 Å². The zero-order valence-electron chi connectivity index (χ0n) is 8.47. The number of nitrogens with one attached hydrogen (secondary N) is 1. The van der Waals surface area contributed by atoms with Gasteiger partial charge in [0.05, 0.1) is 11.0 Å². The van der Waals surface area contributed by atoms with Crippen molar-refractivity contribution in [2.24, 2.45) is 5.92 Å². The Labute approximate surface area is 91.6 Å². The molecular formula is C11H10N2O3. The molecule has 0 radical (unpaired) electrons. The Morgan fingerprint density at radius 3 is 2.94 bits per heavy atom. The van der Waals surface area contributed by atoms with Crippen molar-refractivity contribution in [2.75, 3.05) is 0 Å². The minimum Gasteiger partial charge on any atom is -0.349 e. The Morgan fingerprint density at radius 1 is 1.38 bits per heavy atom. The number of non-ortho nitro benzene ring substituents is 1. The maximum atomic E-state index is 11.2. The van der Waals surface area contributed by atoms with Gasteiger partial charge < -0.3 is 5.32 Å². The molecular weight excluding hydrogens is 208 g/mol. The molecule has 16 heavy (non-hydrogen) atoms. The summed E-state index contributed by atoms with van der Waals surface area (Å²) >= 11 is 0. The highest BCUT2D eigenvalue weighted by molar-refractivity contribution is 5.80. The molecule has 1 aliphatic heterocycles. The second-order valence-corrected chi connectivity index (χ2v) is 4.35. The van der Waals surface area contributed by atoms with E-state index in [1.165, 1.54) is 6.07 Å². The van der Waals surface area contributed by atoms with E-state index >= 15 is 0 Å². The van der Waals surface area contributed by atoms with Crippen molar-refractivity contribution in [3.63, 3.8) is 0 Å². The molecule has 0 spiro atoms. The number of nitro groups is 1. The van der Waals surface area contributed by atoms with Gasteiger partial charge in [0.1, 0.15) is 0 Å². The highest BCUT2D eigenvalue weighted by Gasteiger charge is 2.40. The molecule has 1 N–H and O–H groups in total. The van der Waals surface area contributed by atoms with Crippen molar-refractivity contribution in [2.45, 2.75) is 18.9 Å². The number of nitrogens with zero attached hydrogens (tertiary/aromatic N) is 1. The van der Waals surface area contributed by atoms with Crippen LogP contribution in [-0.2, 0) is 11.2 Å². The molecule has 5 nitrogen and oxygen atoms in total. The average molecular weight is 218 g/mol. The molecule has 2 aliphatic rings. The molecule has 0 saturated carbocycles. The van der Waals surface area contributed by atoms with Crippen LogP contribution in [0.2, 0.25) is 0 Å². The number of carbonyl (C=O) groups is 1. The van der Waals surface area contributed by atoms with E-state index in [1.807, 2.05) is 0 Å². The Bertz CT molecular complexity index is 498. The molecule has 0 bridgehead atoms. The Balaban J connectivity index is 2.04. The summed E-state index contributed by atoms with van der Waals surface area (Å²) < 4.78 is 0. The van der Waals surface area contributed by atoms with Crippen LogP contribution in [-0.4, -0.2) is 10.8 Å². The highest BCUT2D eigenvalue weighted by Crippen LogP contribution is 2.42. The third kappa shape index (κ3) is 1.21. The first-order valence-electron chi connectivity index (χ1n) is 5.22. The van der Waals surface area contributed by atoms with Gasteiger partial charge in [-0.1, -0.05) is 6.07 Å². The second-order valence-electron chi connectivity index (χ2n) is 4.35. The molecule has 1 aromatic rings. The normalized spacial score (nSPS) is 26.1. The van der Waals surface area contributed by atoms with Gasteiger partial charge in [-0.15, -0.1) is 0 Å². The maximum Gasteiger partial charge on any atom is 0.269 e. The fourth-order valence-electron chi connectivity index (χ4n) is 2.68. The predicted molar refractivity (Wildman–Crippen MR) is 55.8 cm³/mol. The monoisotopic (exact) mass is 218 g/mol. The molecule has 1 saturated heterocycles. The zero-order chi connectivity index (χ0) is 11.3. The van der Waals surface area contributed by atoms with Gasteiger partial charge in [-0.25, -0.2) is 0 Å². The van der Waals surface area contributed by atoms with Gasteiger partial charge in [-0.3, -0.25) is 14.9 Å². The molecule has 1 aromatic carbocycles. The molecule has 1 amide bonds. The molecule has 0 aromatic heterocycles. The van der Waals surface area contributed by atoms with Gasteiger partial charge in [0.25, 0.3) is 5.69 Å². The summed E-state index contributed by atoms with van der Waals surface area (Å²) in [7, 11) is 0. The minimum absolute atomic E-state index is 0.0117. The van der Waals surface area contributed by atoms with Crippen LogP contribution < -0.4 is 5.32 Å². The van der Waals surface area contributed by atoms with Gasteiger partial charge in [-0.05, 0) is 23.5 Å². The largest absolute Gasteiger partial charge is 0.349 e. The Morgan fingerprint density at radius 2 is 2.19 bits per heavy atom. The molecule has 2 atom stereocenters. The molecule has 82 valence electrons. The van der Waals surface area contributed by atoms with E-state index in [-0.39, 0.29) is 23.6 Å². The van der Waals surface area contributed by atoms with Crippen LogP contribution in [0, 0.1) is 16.0 Å². The SMILES string of the molecule is O=C1CC2Cc3ccc([N+](=O)[O-])cc3C2N1. The summed E-state index contributed by atoms with van der Waals surface area (Å²) in [5.41, 5.74) is 2.14. The number of carbonyl (C=O) groups excluding carboxylic acids is 1. The van der Waals surface area contributed by atoms with E-state index in [2.05, 4.69) is 5.32 Å². The minimum atomic E-state index is -0.398. The van der Waals surface area contributed by atoms with Crippen LogP contribution in [0.1, 0.15) is 23.6 Å². The van der Waals surface area contributed by atoms with Crippen LogP contribution in [0.5, 0.6) is 0 Å². The fourth-order valence-corrected chi connectivity index (χ4v) is 2.68. The first kappa shape index (κ1) is 9.33. The summed E-state index contributed by atoms with van der Waals surface area (Å²) in [6.45, 7) is 0. The first-order valence-corrected chi connectivity index (χ1v) is 5.22. The quantitative estimate of drug-likeness (QED) is 0.570. The maximum absolute atomic E-state index is 11.2. The van der Waals surface area contributed by atoms with Crippen molar-refractivity contribution < 1.29 is 9.72 Å². The Kier molecular flexibility index (Phi) is 1.77. The second kappa shape index (κ2) is 3.04. The van der Waals surface area contributed by atoms with Crippen molar-refractivity contribution in [1.29, 1.82) is 0 Å². The number of rotatable bonds is 1. The van der Waals surface area contributed by atoms with Crippen LogP contribution in [0.25, 0.3) is 0 Å². The zero-order valence-corrected chi connectivity index (χ0v) is 8.47. The van der Waals surface area contributed by atoms with Crippen LogP contribution >= 0.6 is 0 Å². The molecule has 2 unspecified atom stereocenters. The summed E-state index contributed by atoms with van der Waals surface area (Å²) in [6.07, 6.45) is 1.38. The smallest absolute Gasteiger partial charge is 0.269 e. The standard InChI is InChI=1S/C11H10N2O3/c14-10-4-7-3-6-1-2-8(13(15)16)5-9(6)11(7)12-10/h1-2,5,7,11H,3-4H2,(H,12,14). The third-order valence-corrected chi connectivity index (χ3v) is 3.39. The van der Waals surface area contributed by atoms with E-state index in [0.29, 0.717) is 6.42 Å². The predicted octanol–water partition coefficient (Wildman–Crippen LogP) is 1.33. The third-order valence-electron chi connectivity index (χ3n) is 3.39. The van der Waals surface area contributed by atoms with Gasteiger partial charge in [0.15, 0.2) is 0 Å². The van der Waals surface area contributed by atoms with Gasteiger partial charge in [0, 0.05) is 18.6 Å². The highest BCUT2D eigenvalue weighted by atomic mass is 16.6. The number of nitro benzene ring substituents is 1. The lowest BCUT2D eigenvalue weighted by atomic mass is 10.0. The molecule has 1 heterocycles. The first-order chi connectivity index (χ1) is 7.65. The fraction of sp³-hybridized carbons (Fsp3) is 0.364. The lowest BCUT2D eigenvalue weighted by molar-refractivity contribution is -0.384. The topological polar surface area (TPSA) is 72.2 Å². The van der Waals surface area contributed by atoms with E-state index in [9.17, 15) is 14.9 Å². The van der Waals surface area contributed by atoms with Gasteiger partial charge in [-0.2, -0.15) is 0 Å². The van der Waals surface area contributed by atoms with Gasteiger partial charge >= 0.3 is 0 Å². The molecule has 5 heteroatoms. The van der Waals surface area contributed by atoms with Gasteiger partial charge in [0.2, 0.25) is 5.91 Å². The van der Waals surface area contributed by atoms with E-state index < -0.39 is 4.92 Å². The van der Waals surface area contributed by atoms with E-state index in [1.54, 1.807) is 12.1 Å². The van der Waals surface area contributed by atoms with Crippen LogP contribution in [0.4, 0.5) is 5.69 Å². The van der Waals surface area contributed by atoms with E-state index in [4.69, 9.17) is 0 Å². The summed E-state index contributed by atoms with van der Waals surface area (Å²) in [6, 6.07) is 4.91. The Hall–Kier alpha value is -1.91. The lowest BCUT2D eigenvalue weighted by Gasteiger charge is -2.09. The molecule has 1 fully saturated rings. The number of benzene rings is 1. The number of fused-ring (bicyclic) bond motifs is 3. The van der Waals surface area contributed by atoms with Crippen molar-refractivity contribution in [1.82, 2.24) is 5.32 Å². The van der Waals surface area contributed by atoms with Crippen LogP contribution in [0.15, 0.2) is 18.2 Å². The lowest BCUT2D eigenvalue weighted by Crippen LogP contribution is -2.18. The molecule has 3 rings (SSSR count). The number of hydrogen-bond donors (Lipinski definition) is 1.